The molecular weight excluding hydrogens is 356 g/mol. The van der Waals surface area contributed by atoms with E-state index in [1.807, 2.05) is 42.7 Å². The normalized spacial score (nSPS) is 11.4. The van der Waals surface area contributed by atoms with Crippen LogP contribution in [0.25, 0.3) is 17.1 Å². The molecular formula is C20H22N6O2. The third kappa shape index (κ3) is 3.06. The lowest BCUT2D eigenvalue weighted by Crippen LogP contribution is -2.29. The van der Waals surface area contributed by atoms with E-state index in [1.165, 1.54) is 10.1 Å². The number of rotatable bonds is 5. The second-order valence-electron chi connectivity index (χ2n) is 6.98. The molecule has 28 heavy (non-hydrogen) atoms. The molecule has 1 N–H and O–H groups in total. The number of imidazole rings is 1. The molecule has 8 nitrogen and oxygen atoms in total. The summed E-state index contributed by atoms with van der Waals surface area (Å²) in [7, 11) is 1.60. The lowest BCUT2D eigenvalue weighted by molar-refractivity contribution is 0.618. The third-order valence-electron chi connectivity index (χ3n) is 4.88. The Bertz CT molecular complexity index is 1260. The molecule has 0 atom stereocenters. The lowest BCUT2D eigenvalue weighted by Gasteiger charge is -2.10. The number of H-pyrrole nitrogens is 1. The molecule has 4 aromatic rings. The monoisotopic (exact) mass is 378 g/mol. The van der Waals surface area contributed by atoms with Gasteiger partial charge in [-0.15, -0.1) is 0 Å². The summed E-state index contributed by atoms with van der Waals surface area (Å²) in [6, 6.07) is 12.2. The zero-order chi connectivity index (χ0) is 19.8. The van der Waals surface area contributed by atoms with Gasteiger partial charge in [0.15, 0.2) is 11.2 Å². The maximum absolute atomic E-state index is 12.6. The molecule has 0 spiro atoms. The Hall–Kier alpha value is -3.42. The van der Waals surface area contributed by atoms with Crippen molar-refractivity contribution in [1.29, 1.82) is 0 Å². The minimum Gasteiger partial charge on any atom is -0.302 e. The van der Waals surface area contributed by atoms with E-state index in [2.05, 4.69) is 27.2 Å². The summed E-state index contributed by atoms with van der Waals surface area (Å²) in [4.78, 5) is 31.6. The average Bonchev–Trinajstić information content (AvgIpc) is 3.20. The highest BCUT2D eigenvalue weighted by molar-refractivity contribution is 5.72. The lowest BCUT2D eigenvalue weighted by atomic mass is 10.1. The summed E-state index contributed by atoms with van der Waals surface area (Å²) >= 11 is 0. The van der Waals surface area contributed by atoms with Crippen molar-refractivity contribution in [3.63, 3.8) is 0 Å². The van der Waals surface area contributed by atoms with Crippen molar-refractivity contribution in [2.24, 2.45) is 7.05 Å². The molecule has 0 amide bonds. The SMILES string of the molecule is Cc1cc(C)n(-c2nc3c(c(=O)[nH]c(=O)n3C)n2CCCc2ccccc2)n1. The molecule has 0 saturated carbocycles. The van der Waals surface area contributed by atoms with Crippen LogP contribution in [0.3, 0.4) is 0 Å². The van der Waals surface area contributed by atoms with Crippen molar-refractivity contribution in [2.75, 3.05) is 0 Å². The molecule has 0 saturated heterocycles. The molecule has 0 unspecified atom stereocenters. The van der Waals surface area contributed by atoms with Crippen LogP contribution in [0, 0.1) is 13.8 Å². The van der Waals surface area contributed by atoms with Gasteiger partial charge in [0, 0.05) is 19.3 Å². The van der Waals surface area contributed by atoms with E-state index in [-0.39, 0.29) is 0 Å². The van der Waals surface area contributed by atoms with Crippen molar-refractivity contribution in [3.05, 3.63) is 74.2 Å². The summed E-state index contributed by atoms with van der Waals surface area (Å²) in [5.74, 6) is 0.542. The number of aromatic nitrogens is 6. The molecule has 0 aliphatic rings. The Morgan fingerprint density at radius 1 is 1.11 bits per heavy atom. The number of benzene rings is 1. The number of nitrogens with zero attached hydrogens (tertiary/aromatic N) is 5. The van der Waals surface area contributed by atoms with Crippen LogP contribution in [0.2, 0.25) is 0 Å². The van der Waals surface area contributed by atoms with Crippen molar-refractivity contribution in [3.8, 4) is 5.95 Å². The van der Waals surface area contributed by atoms with E-state index < -0.39 is 11.2 Å². The maximum atomic E-state index is 12.6. The van der Waals surface area contributed by atoms with Gasteiger partial charge in [-0.1, -0.05) is 30.3 Å². The summed E-state index contributed by atoms with van der Waals surface area (Å²) in [5, 5.41) is 4.52. The topological polar surface area (TPSA) is 90.5 Å². The Balaban J connectivity index is 1.83. The van der Waals surface area contributed by atoms with Gasteiger partial charge in [0.25, 0.3) is 5.56 Å². The van der Waals surface area contributed by atoms with Crippen molar-refractivity contribution in [1.82, 2.24) is 28.9 Å². The zero-order valence-electron chi connectivity index (χ0n) is 16.1. The average molecular weight is 378 g/mol. The molecule has 0 radical (unpaired) electrons. The van der Waals surface area contributed by atoms with E-state index in [0.717, 1.165) is 24.2 Å². The van der Waals surface area contributed by atoms with E-state index in [9.17, 15) is 9.59 Å². The fraction of sp³-hybridized carbons (Fsp3) is 0.300. The van der Waals surface area contributed by atoms with Crippen molar-refractivity contribution >= 4 is 11.2 Å². The summed E-state index contributed by atoms with van der Waals surface area (Å²) in [6.07, 6.45) is 1.70. The van der Waals surface area contributed by atoms with Crippen LogP contribution < -0.4 is 11.2 Å². The molecule has 3 heterocycles. The molecule has 0 aliphatic carbocycles. The van der Waals surface area contributed by atoms with Gasteiger partial charge >= 0.3 is 5.69 Å². The molecule has 4 rings (SSSR count). The standard InChI is InChI=1S/C20H22N6O2/c1-13-12-14(2)26(23-13)19-21-17-16(18(27)22-20(28)24(17)3)25(19)11-7-10-15-8-5-4-6-9-15/h4-6,8-9,12H,7,10-11H2,1-3H3,(H,22,27,28). The predicted molar refractivity (Wildman–Crippen MR) is 107 cm³/mol. The number of hydrogen-bond acceptors (Lipinski definition) is 4. The van der Waals surface area contributed by atoms with Gasteiger partial charge in [0.1, 0.15) is 0 Å². The van der Waals surface area contributed by atoms with E-state index >= 15 is 0 Å². The molecule has 0 aliphatic heterocycles. The van der Waals surface area contributed by atoms with Crippen LogP contribution in [-0.2, 0) is 20.0 Å². The Morgan fingerprint density at radius 2 is 1.86 bits per heavy atom. The Kier molecular flexibility index (Phi) is 4.46. The summed E-state index contributed by atoms with van der Waals surface area (Å²) in [5.41, 5.74) is 2.85. The van der Waals surface area contributed by atoms with Gasteiger partial charge < -0.3 is 4.57 Å². The van der Waals surface area contributed by atoms with E-state index in [4.69, 9.17) is 0 Å². The van der Waals surface area contributed by atoms with Crippen LogP contribution in [0.4, 0.5) is 0 Å². The van der Waals surface area contributed by atoms with E-state index in [1.54, 1.807) is 11.7 Å². The second kappa shape index (κ2) is 6.95. The Morgan fingerprint density at radius 3 is 2.54 bits per heavy atom. The minimum absolute atomic E-state index is 0.357. The summed E-state index contributed by atoms with van der Waals surface area (Å²) < 4.78 is 4.94. The minimum atomic E-state index is -0.480. The second-order valence-corrected chi connectivity index (χ2v) is 6.98. The van der Waals surface area contributed by atoms with Crippen LogP contribution >= 0.6 is 0 Å². The molecule has 0 bridgehead atoms. The van der Waals surface area contributed by atoms with Crippen molar-refractivity contribution in [2.45, 2.75) is 33.2 Å². The highest BCUT2D eigenvalue weighted by Gasteiger charge is 2.20. The molecule has 8 heteroatoms. The predicted octanol–water partition coefficient (Wildman–Crippen LogP) is 1.86. The first-order chi connectivity index (χ1) is 13.5. The van der Waals surface area contributed by atoms with Gasteiger partial charge in [-0.2, -0.15) is 10.1 Å². The maximum Gasteiger partial charge on any atom is 0.329 e. The smallest absolute Gasteiger partial charge is 0.302 e. The number of aryl methyl sites for hydroxylation is 5. The quantitative estimate of drug-likeness (QED) is 0.574. The highest BCUT2D eigenvalue weighted by Crippen LogP contribution is 2.18. The summed E-state index contributed by atoms with van der Waals surface area (Å²) in [6.45, 7) is 4.44. The molecule has 3 aromatic heterocycles. The van der Waals surface area contributed by atoms with Gasteiger partial charge in [0.05, 0.1) is 5.69 Å². The number of nitrogens with one attached hydrogen (secondary N) is 1. The van der Waals surface area contributed by atoms with E-state index in [0.29, 0.717) is 23.7 Å². The largest absolute Gasteiger partial charge is 0.329 e. The number of fused-ring (bicyclic) bond motifs is 1. The molecule has 1 aromatic carbocycles. The molecule has 144 valence electrons. The highest BCUT2D eigenvalue weighted by atomic mass is 16.2. The van der Waals surface area contributed by atoms with Gasteiger partial charge in [-0.3, -0.25) is 14.3 Å². The number of hydrogen-bond donors (Lipinski definition) is 1. The van der Waals surface area contributed by atoms with Crippen molar-refractivity contribution < 1.29 is 0 Å². The number of aromatic amines is 1. The Labute approximate surface area is 161 Å². The van der Waals surface area contributed by atoms with Crippen LogP contribution in [-0.4, -0.2) is 28.9 Å². The molecule has 0 fully saturated rings. The fourth-order valence-corrected chi connectivity index (χ4v) is 3.51. The zero-order valence-corrected chi connectivity index (χ0v) is 16.1. The first kappa shape index (κ1) is 18.0. The fourth-order valence-electron chi connectivity index (χ4n) is 3.51. The van der Waals surface area contributed by atoms with Gasteiger partial charge in [-0.25, -0.2) is 9.48 Å². The van der Waals surface area contributed by atoms with Gasteiger partial charge in [0.2, 0.25) is 5.95 Å². The third-order valence-corrected chi connectivity index (χ3v) is 4.88. The first-order valence-corrected chi connectivity index (χ1v) is 9.23. The van der Waals surface area contributed by atoms with Crippen LogP contribution in [0.15, 0.2) is 46.0 Å². The van der Waals surface area contributed by atoms with Gasteiger partial charge in [-0.05, 0) is 38.3 Å². The van der Waals surface area contributed by atoms with Crippen LogP contribution in [0.5, 0.6) is 0 Å². The van der Waals surface area contributed by atoms with Crippen LogP contribution in [0.1, 0.15) is 23.4 Å². The first-order valence-electron chi connectivity index (χ1n) is 9.23.